The van der Waals surface area contributed by atoms with Crippen molar-refractivity contribution in [2.45, 2.75) is 0 Å². The van der Waals surface area contributed by atoms with Gasteiger partial charge in [0.25, 0.3) is 5.91 Å². The molecule has 20 heavy (non-hydrogen) atoms. The summed E-state index contributed by atoms with van der Waals surface area (Å²) in [6.45, 7) is 0. The van der Waals surface area contributed by atoms with Gasteiger partial charge >= 0.3 is 0 Å². The number of hydrazone groups is 1. The third-order valence-corrected chi connectivity index (χ3v) is 3.66. The van der Waals surface area contributed by atoms with Crippen molar-refractivity contribution < 1.29 is 9.90 Å². The van der Waals surface area contributed by atoms with Crippen molar-refractivity contribution >= 4 is 44.0 Å². The highest BCUT2D eigenvalue weighted by Gasteiger charge is 2.05. The van der Waals surface area contributed by atoms with E-state index in [0.717, 1.165) is 5.56 Å². The van der Waals surface area contributed by atoms with Gasteiger partial charge in [-0.25, -0.2) is 5.43 Å². The summed E-state index contributed by atoms with van der Waals surface area (Å²) in [5.74, 6) is -0.158. The highest BCUT2D eigenvalue weighted by atomic mass is 79.9. The van der Waals surface area contributed by atoms with Crippen LogP contribution in [0, 0.1) is 0 Å². The smallest absolute Gasteiger partial charge is 0.271 e. The first-order valence-electron chi connectivity index (χ1n) is 5.64. The van der Waals surface area contributed by atoms with Gasteiger partial charge in [-0.3, -0.25) is 4.79 Å². The van der Waals surface area contributed by atoms with Crippen LogP contribution in [0.25, 0.3) is 0 Å². The average molecular weight is 398 g/mol. The molecule has 2 aromatic carbocycles. The molecule has 0 saturated heterocycles. The Balaban J connectivity index is 2.06. The number of hydrogen-bond donors (Lipinski definition) is 2. The largest absolute Gasteiger partial charge is 0.506 e. The maximum Gasteiger partial charge on any atom is 0.271 e. The number of nitrogens with zero attached hydrogens (tertiary/aromatic N) is 1. The molecule has 102 valence electrons. The Bertz CT molecular complexity index is 634. The predicted octanol–water partition coefficient (Wildman–Crippen LogP) is 3.68. The number of phenolic OH excluding ortho intramolecular Hbond substituents is 1. The van der Waals surface area contributed by atoms with E-state index in [2.05, 4.69) is 42.4 Å². The van der Waals surface area contributed by atoms with Gasteiger partial charge in [0, 0.05) is 5.56 Å². The minimum atomic E-state index is -0.279. The summed E-state index contributed by atoms with van der Waals surface area (Å²) < 4.78 is 1.09. The number of nitrogens with one attached hydrogen (secondary N) is 1. The number of aromatic hydroxyl groups is 1. The molecule has 0 radical (unpaired) electrons. The van der Waals surface area contributed by atoms with Crippen LogP contribution in [0.15, 0.2) is 56.5 Å². The second-order valence-corrected chi connectivity index (χ2v) is 5.61. The molecule has 0 aliphatic carbocycles. The highest BCUT2D eigenvalue weighted by Crippen LogP contribution is 2.32. The molecule has 0 atom stereocenters. The van der Waals surface area contributed by atoms with Crippen molar-refractivity contribution in [3.63, 3.8) is 0 Å². The highest BCUT2D eigenvalue weighted by molar-refractivity contribution is 9.11. The minimum absolute atomic E-state index is 0.121. The Hall–Kier alpha value is -1.66. The van der Waals surface area contributed by atoms with Gasteiger partial charge in [0.15, 0.2) is 0 Å². The van der Waals surface area contributed by atoms with Crippen LogP contribution in [0.4, 0.5) is 0 Å². The molecular weight excluding hydrogens is 388 g/mol. The third-order valence-electron chi connectivity index (χ3n) is 2.45. The van der Waals surface area contributed by atoms with Crippen LogP contribution in [0.3, 0.4) is 0 Å². The van der Waals surface area contributed by atoms with E-state index in [-0.39, 0.29) is 11.7 Å². The standard InChI is InChI=1S/C14H10Br2N2O2/c15-11-6-9(7-12(16)13(11)19)8-17-18-14(20)10-4-2-1-3-5-10/h1-8,19H,(H,18,20)/b17-8+. The lowest BCUT2D eigenvalue weighted by Crippen LogP contribution is -2.17. The Labute approximate surface area is 132 Å². The van der Waals surface area contributed by atoms with Crippen molar-refractivity contribution in [1.29, 1.82) is 0 Å². The first-order valence-corrected chi connectivity index (χ1v) is 7.23. The number of carbonyl (C=O) groups excluding carboxylic acids is 1. The Kier molecular flexibility index (Phi) is 4.92. The molecule has 0 aromatic heterocycles. The van der Waals surface area contributed by atoms with E-state index in [0.29, 0.717) is 14.5 Å². The molecule has 2 rings (SSSR count). The van der Waals surface area contributed by atoms with E-state index in [4.69, 9.17) is 0 Å². The third kappa shape index (κ3) is 3.68. The van der Waals surface area contributed by atoms with Crippen molar-refractivity contribution in [2.75, 3.05) is 0 Å². The van der Waals surface area contributed by atoms with Gasteiger partial charge in [0.2, 0.25) is 0 Å². The molecule has 0 bridgehead atoms. The summed E-state index contributed by atoms with van der Waals surface area (Å²) in [5.41, 5.74) is 3.71. The van der Waals surface area contributed by atoms with Gasteiger partial charge < -0.3 is 5.11 Å². The normalized spacial score (nSPS) is 10.7. The summed E-state index contributed by atoms with van der Waals surface area (Å²) in [6, 6.07) is 12.2. The van der Waals surface area contributed by atoms with E-state index in [1.165, 1.54) is 6.21 Å². The number of carbonyl (C=O) groups is 1. The van der Waals surface area contributed by atoms with E-state index in [9.17, 15) is 9.90 Å². The monoisotopic (exact) mass is 396 g/mol. The lowest BCUT2D eigenvalue weighted by Gasteiger charge is -2.02. The van der Waals surface area contributed by atoms with Crippen LogP contribution in [0.5, 0.6) is 5.75 Å². The summed E-state index contributed by atoms with van der Waals surface area (Å²) >= 11 is 6.45. The van der Waals surface area contributed by atoms with Crippen LogP contribution in [-0.4, -0.2) is 17.2 Å². The van der Waals surface area contributed by atoms with Crippen LogP contribution in [0.2, 0.25) is 0 Å². The molecule has 0 spiro atoms. The molecule has 2 aromatic rings. The molecule has 0 fully saturated rings. The molecule has 0 aliphatic heterocycles. The zero-order chi connectivity index (χ0) is 14.5. The maximum absolute atomic E-state index is 11.7. The fourth-order valence-corrected chi connectivity index (χ4v) is 2.70. The van der Waals surface area contributed by atoms with Gasteiger partial charge in [-0.15, -0.1) is 0 Å². The van der Waals surface area contributed by atoms with Gasteiger partial charge in [-0.2, -0.15) is 5.10 Å². The van der Waals surface area contributed by atoms with E-state index in [1.807, 2.05) is 6.07 Å². The lowest BCUT2D eigenvalue weighted by molar-refractivity contribution is 0.0955. The second kappa shape index (κ2) is 6.67. The first kappa shape index (κ1) is 14.7. The Morgan fingerprint density at radius 3 is 2.35 bits per heavy atom. The predicted molar refractivity (Wildman–Crippen MR) is 85.0 cm³/mol. The zero-order valence-electron chi connectivity index (χ0n) is 10.2. The van der Waals surface area contributed by atoms with Crippen molar-refractivity contribution in [3.8, 4) is 5.75 Å². The van der Waals surface area contributed by atoms with Crippen LogP contribution in [0.1, 0.15) is 15.9 Å². The van der Waals surface area contributed by atoms with Crippen molar-refractivity contribution in [3.05, 3.63) is 62.5 Å². The van der Waals surface area contributed by atoms with Gasteiger partial charge in [0.1, 0.15) is 5.75 Å². The number of phenols is 1. The summed E-state index contributed by atoms with van der Waals surface area (Å²) in [4.78, 5) is 11.7. The molecule has 0 unspecified atom stereocenters. The SMILES string of the molecule is O=C(N/N=C/c1cc(Br)c(O)c(Br)c1)c1ccccc1. The number of hydrogen-bond acceptors (Lipinski definition) is 3. The fourth-order valence-electron chi connectivity index (χ4n) is 1.48. The van der Waals surface area contributed by atoms with Crippen molar-refractivity contribution in [2.24, 2.45) is 5.10 Å². The van der Waals surface area contributed by atoms with Gasteiger partial charge in [-0.05, 0) is 61.7 Å². The first-order chi connectivity index (χ1) is 9.58. The second-order valence-electron chi connectivity index (χ2n) is 3.90. The van der Waals surface area contributed by atoms with E-state index >= 15 is 0 Å². The quantitative estimate of drug-likeness (QED) is 0.612. The molecule has 0 heterocycles. The molecule has 6 heteroatoms. The molecule has 0 aliphatic rings. The van der Waals surface area contributed by atoms with Crippen LogP contribution in [-0.2, 0) is 0 Å². The topological polar surface area (TPSA) is 61.7 Å². The molecule has 1 amide bonds. The number of halogens is 2. The summed E-state index contributed by atoms with van der Waals surface area (Å²) in [7, 11) is 0. The van der Waals surface area contributed by atoms with Crippen molar-refractivity contribution in [1.82, 2.24) is 5.43 Å². The molecular formula is C14H10Br2N2O2. The Morgan fingerprint density at radius 2 is 1.75 bits per heavy atom. The molecule has 4 nitrogen and oxygen atoms in total. The summed E-state index contributed by atoms with van der Waals surface area (Å²) in [6.07, 6.45) is 1.50. The average Bonchev–Trinajstić information content (AvgIpc) is 2.45. The van der Waals surface area contributed by atoms with Crippen LogP contribution < -0.4 is 5.43 Å². The molecule has 0 saturated carbocycles. The zero-order valence-corrected chi connectivity index (χ0v) is 13.3. The Morgan fingerprint density at radius 1 is 1.15 bits per heavy atom. The van der Waals surface area contributed by atoms with Gasteiger partial charge in [0.05, 0.1) is 15.2 Å². The van der Waals surface area contributed by atoms with Crippen LogP contribution >= 0.6 is 31.9 Å². The maximum atomic E-state index is 11.7. The number of benzene rings is 2. The van der Waals surface area contributed by atoms with E-state index in [1.54, 1.807) is 36.4 Å². The summed E-state index contributed by atoms with van der Waals surface area (Å²) in [5, 5.41) is 13.5. The number of rotatable bonds is 3. The fraction of sp³-hybridized carbons (Fsp3) is 0. The van der Waals surface area contributed by atoms with E-state index < -0.39 is 0 Å². The lowest BCUT2D eigenvalue weighted by atomic mass is 10.2. The minimum Gasteiger partial charge on any atom is -0.506 e. The number of amides is 1. The van der Waals surface area contributed by atoms with Gasteiger partial charge in [-0.1, -0.05) is 18.2 Å². The molecule has 2 N–H and O–H groups in total.